The minimum Gasteiger partial charge on any atom is -0.393 e. The van der Waals surface area contributed by atoms with Gasteiger partial charge in [0.05, 0.1) is 6.10 Å². The van der Waals surface area contributed by atoms with Gasteiger partial charge in [0.25, 0.3) is 0 Å². The minimum atomic E-state index is -0.356. The summed E-state index contributed by atoms with van der Waals surface area (Å²) in [5.74, 6) is 0.0470. The van der Waals surface area contributed by atoms with Gasteiger partial charge in [0.2, 0.25) is 5.91 Å². The Balaban J connectivity index is 1.83. The van der Waals surface area contributed by atoms with E-state index in [2.05, 4.69) is 0 Å². The van der Waals surface area contributed by atoms with Gasteiger partial charge in [-0.25, -0.2) is 4.39 Å². The van der Waals surface area contributed by atoms with E-state index in [-0.39, 0.29) is 29.7 Å². The third-order valence-corrected chi connectivity index (χ3v) is 4.40. The van der Waals surface area contributed by atoms with Gasteiger partial charge in [-0.2, -0.15) is 0 Å². The Kier molecular flexibility index (Phi) is 5.34. The van der Waals surface area contributed by atoms with Crippen LogP contribution in [-0.4, -0.2) is 35.1 Å². The van der Waals surface area contributed by atoms with Gasteiger partial charge in [0, 0.05) is 24.9 Å². The maximum Gasteiger partial charge on any atom is 0.225 e. The standard InChI is InChI=1S/C17H24FNO2/c1-12(6-7-14-4-3-5-16(18)10-14)17(21)19-9-8-15(11-19)13(2)20/h3-5,10,12-13,15,20H,6-9,11H2,1-2H3. The molecule has 3 unspecified atom stereocenters. The molecular formula is C17H24FNO2. The Bertz CT molecular complexity index is 489. The van der Waals surface area contributed by atoms with Gasteiger partial charge in [0.15, 0.2) is 0 Å². The zero-order valence-corrected chi connectivity index (χ0v) is 12.8. The number of benzene rings is 1. The molecule has 1 amide bonds. The van der Waals surface area contributed by atoms with Gasteiger partial charge < -0.3 is 10.0 Å². The molecule has 1 heterocycles. The van der Waals surface area contributed by atoms with Crippen LogP contribution >= 0.6 is 0 Å². The van der Waals surface area contributed by atoms with Crippen molar-refractivity contribution in [3.05, 3.63) is 35.6 Å². The van der Waals surface area contributed by atoms with E-state index < -0.39 is 0 Å². The second-order valence-corrected chi connectivity index (χ2v) is 6.14. The van der Waals surface area contributed by atoms with Crippen molar-refractivity contribution in [3.63, 3.8) is 0 Å². The van der Waals surface area contributed by atoms with Gasteiger partial charge in [-0.15, -0.1) is 0 Å². The molecule has 0 aliphatic carbocycles. The first-order chi connectivity index (χ1) is 9.97. The molecule has 1 aromatic carbocycles. The third kappa shape index (κ3) is 4.27. The second kappa shape index (κ2) is 7.03. The van der Waals surface area contributed by atoms with Crippen molar-refractivity contribution in [2.24, 2.45) is 11.8 Å². The van der Waals surface area contributed by atoms with Gasteiger partial charge >= 0.3 is 0 Å². The first kappa shape index (κ1) is 16.0. The normalized spacial score (nSPS) is 21.3. The Morgan fingerprint density at radius 3 is 2.86 bits per heavy atom. The van der Waals surface area contributed by atoms with Crippen molar-refractivity contribution < 1.29 is 14.3 Å². The average molecular weight is 293 g/mol. The molecule has 0 bridgehead atoms. The minimum absolute atomic E-state index is 0.0685. The summed E-state index contributed by atoms with van der Waals surface area (Å²) in [6.45, 7) is 5.10. The monoisotopic (exact) mass is 293 g/mol. The maximum atomic E-state index is 13.1. The number of likely N-dealkylation sites (tertiary alicyclic amines) is 1. The van der Waals surface area contributed by atoms with Crippen LogP contribution in [0.25, 0.3) is 0 Å². The topological polar surface area (TPSA) is 40.5 Å². The van der Waals surface area contributed by atoms with E-state index in [1.165, 1.54) is 12.1 Å². The fourth-order valence-electron chi connectivity index (χ4n) is 2.89. The average Bonchev–Trinajstić information content (AvgIpc) is 2.94. The summed E-state index contributed by atoms with van der Waals surface area (Å²) in [4.78, 5) is 14.2. The van der Waals surface area contributed by atoms with E-state index in [1.54, 1.807) is 13.0 Å². The molecule has 1 aliphatic rings. The molecule has 4 heteroatoms. The zero-order chi connectivity index (χ0) is 15.4. The maximum absolute atomic E-state index is 13.1. The fraction of sp³-hybridized carbons (Fsp3) is 0.588. The van der Waals surface area contributed by atoms with E-state index in [0.29, 0.717) is 13.0 Å². The second-order valence-electron chi connectivity index (χ2n) is 6.14. The van der Waals surface area contributed by atoms with E-state index in [4.69, 9.17) is 0 Å². The number of rotatable bonds is 5. The zero-order valence-electron chi connectivity index (χ0n) is 12.8. The number of carbonyl (C=O) groups excluding carboxylic acids is 1. The molecule has 1 saturated heterocycles. The summed E-state index contributed by atoms with van der Waals surface area (Å²) in [7, 11) is 0. The van der Waals surface area contributed by atoms with Crippen LogP contribution in [0.3, 0.4) is 0 Å². The number of carbonyl (C=O) groups is 1. The van der Waals surface area contributed by atoms with Gasteiger partial charge in [-0.05, 0) is 43.9 Å². The molecule has 0 aromatic heterocycles. The van der Waals surface area contributed by atoms with Crippen LogP contribution in [0.2, 0.25) is 0 Å². The lowest BCUT2D eigenvalue weighted by Crippen LogP contribution is -2.34. The number of nitrogens with zero attached hydrogens (tertiary/aromatic N) is 1. The molecule has 0 saturated carbocycles. The molecule has 1 fully saturated rings. The fourth-order valence-corrected chi connectivity index (χ4v) is 2.89. The summed E-state index contributed by atoms with van der Waals surface area (Å²) in [5, 5.41) is 9.59. The highest BCUT2D eigenvalue weighted by Gasteiger charge is 2.30. The van der Waals surface area contributed by atoms with Crippen LogP contribution in [0.1, 0.15) is 32.3 Å². The first-order valence-electron chi connectivity index (χ1n) is 7.68. The summed E-state index contributed by atoms with van der Waals surface area (Å²) in [5.41, 5.74) is 0.929. The molecule has 1 N–H and O–H groups in total. The van der Waals surface area contributed by atoms with Crippen LogP contribution in [0.15, 0.2) is 24.3 Å². The summed E-state index contributed by atoms with van der Waals surface area (Å²) < 4.78 is 13.1. The molecule has 0 radical (unpaired) electrons. The smallest absolute Gasteiger partial charge is 0.225 e. The molecule has 1 aliphatic heterocycles. The van der Waals surface area contributed by atoms with Crippen LogP contribution in [0.5, 0.6) is 0 Å². The molecule has 0 spiro atoms. The van der Waals surface area contributed by atoms with Crippen molar-refractivity contribution in [2.45, 2.75) is 39.2 Å². The van der Waals surface area contributed by atoms with Gasteiger partial charge in [0.1, 0.15) is 5.82 Å². The van der Waals surface area contributed by atoms with E-state index in [0.717, 1.165) is 24.9 Å². The number of amides is 1. The highest BCUT2D eigenvalue weighted by atomic mass is 19.1. The summed E-state index contributed by atoms with van der Waals surface area (Å²) in [6, 6.07) is 6.54. The number of hydrogen-bond acceptors (Lipinski definition) is 2. The van der Waals surface area contributed by atoms with Gasteiger partial charge in [-0.3, -0.25) is 4.79 Å². The Morgan fingerprint density at radius 2 is 2.24 bits per heavy atom. The van der Waals surface area contributed by atoms with Crippen LogP contribution in [-0.2, 0) is 11.2 Å². The molecular weight excluding hydrogens is 269 g/mol. The van der Waals surface area contributed by atoms with Crippen molar-refractivity contribution in [1.82, 2.24) is 4.90 Å². The highest BCUT2D eigenvalue weighted by Crippen LogP contribution is 2.22. The Hall–Kier alpha value is -1.42. The lowest BCUT2D eigenvalue weighted by Gasteiger charge is -2.21. The van der Waals surface area contributed by atoms with Crippen molar-refractivity contribution in [3.8, 4) is 0 Å². The van der Waals surface area contributed by atoms with E-state index in [9.17, 15) is 14.3 Å². The predicted octanol–water partition coefficient (Wildman–Crippen LogP) is 2.62. The Labute approximate surface area is 125 Å². The first-order valence-corrected chi connectivity index (χ1v) is 7.68. The van der Waals surface area contributed by atoms with E-state index >= 15 is 0 Å². The van der Waals surface area contributed by atoms with Crippen LogP contribution in [0, 0.1) is 17.7 Å². The van der Waals surface area contributed by atoms with Gasteiger partial charge in [-0.1, -0.05) is 19.1 Å². The summed E-state index contributed by atoms with van der Waals surface area (Å²) in [6.07, 6.45) is 1.95. The quantitative estimate of drug-likeness (QED) is 0.906. The Morgan fingerprint density at radius 1 is 1.48 bits per heavy atom. The molecule has 21 heavy (non-hydrogen) atoms. The third-order valence-electron chi connectivity index (χ3n) is 4.40. The lowest BCUT2D eigenvalue weighted by atomic mass is 9.99. The lowest BCUT2D eigenvalue weighted by molar-refractivity contribution is -0.134. The van der Waals surface area contributed by atoms with Crippen LogP contribution < -0.4 is 0 Å². The number of aliphatic hydroxyl groups excluding tert-OH is 1. The molecule has 3 nitrogen and oxygen atoms in total. The number of halogens is 1. The number of hydrogen-bond donors (Lipinski definition) is 1. The van der Waals surface area contributed by atoms with Crippen LogP contribution in [0.4, 0.5) is 4.39 Å². The van der Waals surface area contributed by atoms with Crippen molar-refractivity contribution in [2.75, 3.05) is 13.1 Å². The SMILES string of the molecule is CC(CCc1cccc(F)c1)C(=O)N1CCC(C(C)O)C1. The molecule has 1 aromatic rings. The van der Waals surface area contributed by atoms with E-state index in [1.807, 2.05) is 17.9 Å². The highest BCUT2D eigenvalue weighted by molar-refractivity contribution is 5.78. The largest absolute Gasteiger partial charge is 0.393 e. The summed E-state index contributed by atoms with van der Waals surface area (Å²) >= 11 is 0. The molecule has 116 valence electrons. The molecule has 3 atom stereocenters. The van der Waals surface area contributed by atoms with Crippen molar-refractivity contribution in [1.29, 1.82) is 0 Å². The number of aryl methyl sites for hydroxylation is 1. The molecule has 2 rings (SSSR count). The predicted molar refractivity (Wildman–Crippen MR) is 80.3 cm³/mol. The number of aliphatic hydroxyl groups is 1. The van der Waals surface area contributed by atoms with Crippen molar-refractivity contribution >= 4 is 5.91 Å².